The number of hydrogen-bond acceptors (Lipinski definition) is 4. The van der Waals surface area contributed by atoms with Crippen LogP contribution in [-0.4, -0.2) is 33.3 Å². The molecule has 4 nitrogen and oxygen atoms in total. The van der Waals surface area contributed by atoms with Gasteiger partial charge in [-0.3, -0.25) is 4.68 Å². The van der Waals surface area contributed by atoms with E-state index in [0.717, 1.165) is 29.5 Å². The number of aryl methyl sites for hydroxylation is 3. The average Bonchev–Trinajstić information content (AvgIpc) is 2.66. The number of rotatable bonds is 3. The Hall–Kier alpha value is -1.17. The number of nitrogens with one attached hydrogen (secondary N) is 1. The summed E-state index contributed by atoms with van der Waals surface area (Å²) in [6.45, 7) is 5.21. The number of aliphatic hydroxyl groups excluding tert-OH is 1. The van der Waals surface area contributed by atoms with Crippen molar-refractivity contribution >= 4 is 29.2 Å². The van der Waals surface area contributed by atoms with Gasteiger partial charge in [0.05, 0.1) is 10.9 Å². The molecular formula is C17H22ClN3OS. The fourth-order valence-corrected chi connectivity index (χ4v) is 5.06. The van der Waals surface area contributed by atoms with Crippen molar-refractivity contribution < 1.29 is 5.11 Å². The summed E-state index contributed by atoms with van der Waals surface area (Å²) in [4.78, 5) is 0. The minimum absolute atomic E-state index is 0.197. The maximum Gasteiger partial charge on any atom is 0.128 e. The standard InChI is InChI=1S/C17H22ClN3OS/c1-10-8-12(18)4-5-14(10)16-15-11(2)20-21(3)17(15)19-9-13(23-16)6-7-22/h4-5,8,13,16,19,22H,6-7,9H2,1-3H3/t13-,16+/m0/s1. The highest BCUT2D eigenvalue weighted by atomic mass is 35.5. The number of anilines is 1. The number of aliphatic hydroxyl groups is 1. The van der Waals surface area contributed by atoms with Gasteiger partial charge < -0.3 is 10.4 Å². The van der Waals surface area contributed by atoms with E-state index in [4.69, 9.17) is 11.6 Å². The largest absolute Gasteiger partial charge is 0.396 e. The molecule has 0 aliphatic carbocycles. The van der Waals surface area contributed by atoms with E-state index >= 15 is 0 Å². The third-order valence-corrected chi connectivity index (χ3v) is 6.11. The van der Waals surface area contributed by atoms with Crippen LogP contribution in [-0.2, 0) is 7.05 Å². The molecule has 124 valence electrons. The first-order valence-electron chi connectivity index (χ1n) is 7.81. The number of nitrogens with zero attached hydrogens (tertiary/aromatic N) is 2. The van der Waals surface area contributed by atoms with Crippen LogP contribution in [0.15, 0.2) is 18.2 Å². The molecule has 0 fully saturated rings. The van der Waals surface area contributed by atoms with Crippen LogP contribution in [0.1, 0.15) is 34.1 Å². The normalized spacial score (nSPS) is 20.7. The van der Waals surface area contributed by atoms with Crippen molar-refractivity contribution in [2.24, 2.45) is 7.05 Å². The van der Waals surface area contributed by atoms with Crippen LogP contribution < -0.4 is 5.32 Å². The molecule has 3 rings (SSSR count). The molecule has 0 radical (unpaired) electrons. The molecule has 0 saturated carbocycles. The Bertz CT molecular complexity index is 716. The predicted octanol–water partition coefficient (Wildman–Crippen LogP) is 3.69. The Balaban J connectivity index is 2.10. The van der Waals surface area contributed by atoms with Gasteiger partial charge in [-0.2, -0.15) is 5.10 Å². The molecule has 1 aromatic carbocycles. The second-order valence-corrected chi connectivity index (χ2v) is 7.85. The van der Waals surface area contributed by atoms with E-state index in [-0.39, 0.29) is 11.9 Å². The van der Waals surface area contributed by atoms with Gasteiger partial charge in [-0.15, -0.1) is 11.8 Å². The van der Waals surface area contributed by atoms with Crippen LogP contribution in [0.5, 0.6) is 0 Å². The summed E-state index contributed by atoms with van der Waals surface area (Å²) >= 11 is 8.03. The maximum absolute atomic E-state index is 9.36. The number of fused-ring (bicyclic) bond motifs is 1. The van der Waals surface area contributed by atoms with E-state index in [2.05, 4.69) is 30.3 Å². The van der Waals surface area contributed by atoms with E-state index in [1.807, 2.05) is 35.6 Å². The van der Waals surface area contributed by atoms with Crippen LogP contribution in [0.2, 0.25) is 5.02 Å². The van der Waals surface area contributed by atoms with Crippen LogP contribution in [0.25, 0.3) is 0 Å². The molecule has 1 aliphatic rings. The zero-order valence-corrected chi connectivity index (χ0v) is 15.2. The van der Waals surface area contributed by atoms with Crippen molar-refractivity contribution in [1.82, 2.24) is 9.78 Å². The molecule has 2 heterocycles. The molecule has 23 heavy (non-hydrogen) atoms. The van der Waals surface area contributed by atoms with Gasteiger partial charge in [0.1, 0.15) is 5.82 Å². The van der Waals surface area contributed by atoms with Crippen molar-refractivity contribution in [2.75, 3.05) is 18.5 Å². The highest BCUT2D eigenvalue weighted by molar-refractivity contribution is 8.00. The van der Waals surface area contributed by atoms with E-state index in [1.165, 1.54) is 16.7 Å². The second kappa shape index (κ2) is 6.75. The van der Waals surface area contributed by atoms with Crippen LogP contribution >= 0.6 is 23.4 Å². The molecular weight excluding hydrogens is 330 g/mol. The molecule has 0 saturated heterocycles. The van der Waals surface area contributed by atoms with Crippen molar-refractivity contribution in [3.63, 3.8) is 0 Å². The molecule has 2 N–H and O–H groups in total. The first kappa shape index (κ1) is 16.7. The minimum Gasteiger partial charge on any atom is -0.396 e. The average molecular weight is 352 g/mol. The maximum atomic E-state index is 9.36. The molecule has 2 atom stereocenters. The topological polar surface area (TPSA) is 50.1 Å². The molecule has 0 bridgehead atoms. The van der Waals surface area contributed by atoms with Gasteiger partial charge >= 0.3 is 0 Å². The van der Waals surface area contributed by atoms with Crippen molar-refractivity contribution in [3.8, 4) is 0 Å². The van der Waals surface area contributed by atoms with Gasteiger partial charge in [-0.25, -0.2) is 0 Å². The van der Waals surface area contributed by atoms with Crippen LogP contribution in [0, 0.1) is 13.8 Å². The zero-order chi connectivity index (χ0) is 16.6. The molecule has 0 spiro atoms. The Morgan fingerprint density at radius 1 is 1.43 bits per heavy atom. The summed E-state index contributed by atoms with van der Waals surface area (Å²) < 4.78 is 1.92. The highest BCUT2D eigenvalue weighted by Gasteiger charge is 2.31. The van der Waals surface area contributed by atoms with E-state index in [1.54, 1.807) is 0 Å². The Morgan fingerprint density at radius 2 is 2.22 bits per heavy atom. The lowest BCUT2D eigenvalue weighted by Gasteiger charge is -2.22. The smallest absolute Gasteiger partial charge is 0.128 e. The lowest BCUT2D eigenvalue weighted by atomic mass is 10.00. The summed E-state index contributed by atoms with van der Waals surface area (Å²) in [5.41, 5.74) is 4.74. The molecule has 0 unspecified atom stereocenters. The van der Waals surface area contributed by atoms with Gasteiger partial charge in [0.15, 0.2) is 0 Å². The summed E-state index contributed by atoms with van der Waals surface area (Å²) in [5, 5.41) is 18.8. The zero-order valence-electron chi connectivity index (χ0n) is 13.6. The fourth-order valence-electron chi connectivity index (χ4n) is 3.19. The first-order valence-corrected chi connectivity index (χ1v) is 9.13. The van der Waals surface area contributed by atoms with Gasteiger partial charge in [0.25, 0.3) is 0 Å². The highest BCUT2D eigenvalue weighted by Crippen LogP contribution is 2.46. The number of thioether (sulfide) groups is 1. The number of benzene rings is 1. The van der Waals surface area contributed by atoms with Crippen molar-refractivity contribution in [2.45, 2.75) is 30.8 Å². The fraction of sp³-hybridized carbons (Fsp3) is 0.471. The second-order valence-electron chi connectivity index (χ2n) is 6.00. The summed E-state index contributed by atoms with van der Waals surface area (Å²) in [5.74, 6) is 1.08. The molecule has 1 aliphatic heterocycles. The minimum atomic E-state index is 0.197. The summed E-state index contributed by atoms with van der Waals surface area (Å²) in [6.07, 6.45) is 0.779. The Morgan fingerprint density at radius 3 is 2.91 bits per heavy atom. The Kier molecular flexibility index (Phi) is 4.90. The predicted molar refractivity (Wildman–Crippen MR) is 97.5 cm³/mol. The quantitative estimate of drug-likeness (QED) is 0.885. The van der Waals surface area contributed by atoms with Crippen LogP contribution in [0.3, 0.4) is 0 Å². The SMILES string of the molecule is Cc1cc(Cl)ccc1[C@H]1S[C@@H](CCO)CNc2c1c(C)nn2C. The van der Waals surface area contributed by atoms with Gasteiger partial charge in [-0.1, -0.05) is 17.7 Å². The van der Waals surface area contributed by atoms with E-state index < -0.39 is 0 Å². The lowest BCUT2D eigenvalue weighted by Crippen LogP contribution is -2.18. The third-order valence-electron chi connectivity index (χ3n) is 4.32. The van der Waals surface area contributed by atoms with Gasteiger partial charge in [0.2, 0.25) is 0 Å². The van der Waals surface area contributed by atoms with Crippen molar-refractivity contribution in [3.05, 3.63) is 45.6 Å². The molecule has 2 aromatic rings. The lowest BCUT2D eigenvalue weighted by molar-refractivity contribution is 0.288. The molecule has 6 heteroatoms. The number of aromatic nitrogens is 2. The van der Waals surface area contributed by atoms with Gasteiger partial charge in [-0.05, 0) is 43.5 Å². The summed E-state index contributed by atoms with van der Waals surface area (Å²) in [6, 6.07) is 6.09. The third kappa shape index (κ3) is 3.23. The van der Waals surface area contributed by atoms with Gasteiger partial charge in [0, 0.05) is 36.0 Å². The monoisotopic (exact) mass is 351 g/mol. The Labute approximate surface area is 146 Å². The first-order chi connectivity index (χ1) is 11.0. The summed E-state index contributed by atoms with van der Waals surface area (Å²) in [7, 11) is 1.97. The molecule has 0 amide bonds. The van der Waals surface area contributed by atoms with E-state index in [9.17, 15) is 5.11 Å². The molecule has 1 aromatic heterocycles. The number of hydrogen-bond donors (Lipinski definition) is 2. The van der Waals surface area contributed by atoms with E-state index in [0.29, 0.717) is 5.25 Å². The van der Waals surface area contributed by atoms with Crippen molar-refractivity contribution in [1.29, 1.82) is 0 Å². The van der Waals surface area contributed by atoms with Crippen LogP contribution in [0.4, 0.5) is 5.82 Å². The number of halogens is 1.